The second-order valence-electron chi connectivity index (χ2n) is 5.38. The number of aryl methyl sites for hydroxylation is 1. The van der Waals surface area contributed by atoms with Crippen LogP contribution < -0.4 is 5.32 Å². The zero-order valence-electron chi connectivity index (χ0n) is 12.5. The normalized spacial score (nSPS) is 11.6. The van der Waals surface area contributed by atoms with Crippen molar-refractivity contribution in [1.29, 1.82) is 0 Å². The van der Waals surface area contributed by atoms with Gasteiger partial charge in [0.05, 0.1) is 36.7 Å². The van der Waals surface area contributed by atoms with E-state index in [1.54, 1.807) is 12.4 Å². The van der Waals surface area contributed by atoms with Gasteiger partial charge in [-0.3, -0.25) is 9.97 Å². The summed E-state index contributed by atoms with van der Waals surface area (Å²) in [7, 11) is 0. The topological polar surface area (TPSA) is 98.5 Å². The molecular formula is C16H21N3O3. The first kappa shape index (κ1) is 16.5. The predicted octanol–water partition coefficient (Wildman–Crippen LogP) is 0.257. The predicted molar refractivity (Wildman–Crippen MR) is 83.0 cm³/mol. The second kappa shape index (κ2) is 7.42. The maximum absolute atomic E-state index is 9.31. The maximum Gasteiger partial charge on any atom is 0.0889 e. The van der Waals surface area contributed by atoms with E-state index in [9.17, 15) is 15.3 Å². The Balaban J connectivity index is 2.15. The van der Waals surface area contributed by atoms with Crippen molar-refractivity contribution in [3.8, 4) is 11.4 Å². The molecule has 2 heterocycles. The van der Waals surface area contributed by atoms with Gasteiger partial charge in [0.15, 0.2) is 0 Å². The molecule has 0 saturated carbocycles. The molecule has 0 unspecified atom stereocenters. The number of aromatic nitrogens is 2. The summed E-state index contributed by atoms with van der Waals surface area (Å²) in [6.07, 6.45) is 3.43. The Morgan fingerprint density at radius 3 is 2.14 bits per heavy atom. The molecule has 0 aliphatic rings. The Kier molecular flexibility index (Phi) is 5.57. The fourth-order valence-corrected chi connectivity index (χ4v) is 2.01. The fraction of sp³-hybridized carbons (Fsp3) is 0.375. The first-order valence-corrected chi connectivity index (χ1v) is 7.08. The molecule has 0 fully saturated rings. The van der Waals surface area contributed by atoms with Gasteiger partial charge in [0.1, 0.15) is 0 Å². The van der Waals surface area contributed by atoms with E-state index >= 15 is 0 Å². The van der Waals surface area contributed by atoms with Gasteiger partial charge in [-0.15, -0.1) is 0 Å². The number of nitrogens with one attached hydrogen (secondary N) is 1. The van der Waals surface area contributed by atoms with Crippen LogP contribution >= 0.6 is 0 Å². The summed E-state index contributed by atoms with van der Waals surface area (Å²) in [5, 5.41) is 30.9. The van der Waals surface area contributed by atoms with E-state index in [1.165, 1.54) is 0 Å². The summed E-state index contributed by atoms with van der Waals surface area (Å²) in [6.45, 7) is 1.34. The minimum absolute atomic E-state index is 0.350. The Bertz CT molecular complexity index is 607. The molecule has 0 atom stereocenters. The summed E-state index contributed by atoms with van der Waals surface area (Å²) in [5.41, 5.74) is 2.48. The van der Waals surface area contributed by atoms with Crippen LogP contribution in [-0.4, -0.2) is 50.6 Å². The minimum Gasteiger partial charge on any atom is -0.394 e. The first-order chi connectivity index (χ1) is 10.6. The summed E-state index contributed by atoms with van der Waals surface area (Å²) in [6, 6.07) is 7.61. The van der Waals surface area contributed by atoms with Gasteiger partial charge in [0, 0.05) is 18.9 Å². The van der Waals surface area contributed by atoms with Crippen LogP contribution in [0.1, 0.15) is 11.1 Å². The van der Waals surface area contributed by atoms with Gasteiger partial charge in [-0.05, 0) is 42.3 Å². The number of hydrogen-bond acceptors (Lipinski definition) is 6. The van der Waals surface area contributed by atoms with Gasteiger partial charge in [0.25, 0.3) is 0 Å². The van der Waals surface area contributed by atoms with Gasteiger partial charge in [-0.25, -0.2) is 0 Å². The average molecular weight is 303 g/mol. The van der Waals surface area contributed by atoms with E-state index in [2.05, 4.69) is 15.3 Å². The lowest BCUT2D eigenvalue weighted by Gasteiger charge is -2.28. The van der Waals surface area contributed by atoms with Crippen molar-refractivity contribution in [3.05, 3.63) is 47.8 Å². The fourth-order valence-electron chi connectivity index (χ4n) is 2.01. The molecule has 0 aromatic carbocycles. The summed E-state index contributed by atoms with van der Waals surface area (Å²) in [4.78, 5) is 8.62. The van der Waals surface area contributed by atoms with Crippen molar-refractivity contribution < 1.29 is 15.3 Å². The zero-order chi connectivity index (χ0) is 16.0. The number of rotatable bonds is 7. The van der Waals surface area contributed by atoms with Crippen molar-refractivity contribution in [2.24, 2.45) is 0 Å². The van der Waals surface area contributed by atoms with E-state index in [0.29, 0.717) is 6.54 Å². The van der Waals surface area contributed by atoms with Gasteiger partial charge in [-0.2, -0.15) is 0 Å². The number of aliphatic hydroxyl groups excluding tert-OH is 3. The van der Waals surface area contributed by atoms with E-state index in [1.807, 2.05) is 31.2 Å². The van der Waals surface area contributed by atoms with Crippen LogP contribution in [0.15, 0.2) is 36.7 Å². The highest BCUT2D eigenvalue weighted by Gasteiger charge is 2.27. The van der Waals surface area contributed by atoms with Gasteiger partial charge >= 0.3 is 0 Å². The number of nitrogens with zero attached hydrogens (tertiary/aromatic N) is 2. The van der Waals surface area contributed by atoms with Crippen LogP contribution in [0.2, 0.25) is 0 Å². The summed E-state index contributed by atoms with van der Waals surface area (Å²) >= 11 is 0. The van der Waals surface area contributed by atoms with Crippen LogP contribution in [0.25, 0.3) is 11.4 Å². The third-order valence-corrected chi connectivity index (χ3v) is 3.58. The Hall–Kier alpha value is -1.86. The smallest absolute Gasteiger partial charge is 0.0889 e. The second-order valence-corrected chi connectivity index (χ2v) is 5.38. The molecule has 2 aromatic heterocycles. The van der Waals surface area contributed by atoms with Crippen molar-refractivity contribution in [1.82, 2.24) is 15.3 Å². The molecule has 6 nitrogen and oxygen atoms in total. The van der Waals surface area contributed by atoms with Gasteiger partial charge < -0.3 is 20.6 Å². The quantitative estimate of drug-likeness (QED) is 0.585. The Morgan fingerprint density at radius 1 is 0.955 bits per heavy atom. The molecule has 2 aromatic rings. The molecule has 6 heteroatoms. The van der Waals surface area contributed by atoms with Crippen molar-refractivity contribution in [2.45, 2.75) is 19.0 Å². The molecule has 118 valence electrons. The lowest BCUT2D eigenvalue weighted by molar-refractivity contribution is 0.0414. The van der Waals surface area contributed by atoms with Crippen LogP contribution in [0.5, 0.6) is 0 Å². The molecule has 0 spiro atoms. The van der Waals surface area contributed by atoms with Crippen molar-refractivity contribution in [2.75, 3.05) is 19.8 Å². The highest BCUT2D eigenvalue weighted by molar-refractivity contribution is 5.55. The maximum atomic E-state index is 9.31. The number of pyridine rings is 2. The van der Waals surface area contributed by atoms with Crippen molar-refractivity contribution >= 4 is 0 Å². The van der Waals surface area contributed by atoms with E-state index in [4.69, 9.17) is 0 Å². The van der Waals surface area contributed by atoms with Crippen LogP contribution in [0, 0.1) is 6.92 Å². The van der Waals surface area contributed by atoms with E-state index in [0.717, 1.165) is 22.5 Å². The molecule has 0 amide bonds. The Labute approximate surface area is 129 Å². The number of aliphatic hydroxyl groups is 3. The molecular weight excluding hydrogens is 282 g/mol. The van der Waals surface area contributed by atoms with E-state index < -0.39 is 5.54 Å². The summed E-state index contributed by atoms with van der Waals surface area (Å²) in [5.74, 6) is 0. The number of hydrogen-bond donors (Lipinski definition) is 4. The molecule has 0 radical (unpaired) electrons. The lowest BCUT2D eigenvalue weighted by atomic mass is 10.0. The van der Waals surface area contributed by atoms with Gasteiger partial charge in [0.2, 0.25) is 0 Å². The lowest BCUT2D eigenvalue weighted by Crippen LogP contribution is -2.54. The molecule has 22 heavy (non-hydrogen) atoms. The SMILES string of the molecule is Cc1ccnc(-c2cc(CNC(CO)(CO)CO)ccn2)c1. The molecule has 0 aliphatic heterocycles. The highest BCUT2D eigenvalue weighted by Crippen LogP contribution is 2.16. The van der Waals surface area contributed by atoms with Crippen LogP contribution in [0.4, 0.5) is 0 Å². The van der Waals surface area contributed by atoms with Crippen molar-refractivity contribution in [3.63, 3.8) is 0 Å². The largest absolute Gasteiger partial charge is 0.394 e. The van der Waals surface area contributed by atoms with Crippen LogP contribution in [-0.2, 0) is 6.54 Å². The third kappa shape index (κ3) is 3.86. The van der Waals surface area contributed by atoms with Gasteiger partial charge in [-0.1, -0.05) is 0 Å². The molecule has 0 bridgehead atoms. The third-order valence-electron chi connectivity index (χ3n) is 3.58. The first-order valence-electron chi connectivity index (χ1n) is 7.08. The zero-order valence-corrected chi connectivity index (χ0v) is 12.5. The Morgan fingerprint density at radius 2 is 1.55 bits per heavy atom. The molecule has 0 aliphatic carbocycles. The molecule has 2 rings (SSSR count). The molecule has 0 saturated heterocycles. The average Bonchev–Trinajstić information content (AvgIpc) is 2.57. The summed E-state index contributed by atoms with van der Waals surface area (Å²) < 4.78 is 0. The standard InChI is InChI=1S/C16H21N3O3/c1-12-2-4-17-14(6-12)15-7-13(3-5-18-15)8-19-16(9-20,10-21)11-22/h2-7,19-22H,8-11H2,1H3. The van der Waals surface area contributed by atoms with E-state index in [-0.39, 0.29) is 19.8 Å². The highest BCUT2D eigenvalue weighted by atomic mass is 16.3. The minimum atomic E-state index is -1.09. The molecule has 4 N–H and O–H groups in total. The monoisotopic (exact) mass is 303 g/mol. The van der Waals surface area contributed by atoms with Crippen LogP contribution in [0.3, 0.4) is 0 Å².